The van der Waals surface area contributed by atoms with E-state index >= 15 is 0 Å². The molecule has 2 aliphatic heterocycles. The summed E-state index contributed by atoms with van der Waals surface area (Å²) in [7, 11) is 1.59. The molecule has 2 heterocycles. The molecule has 0 radical (unpaired) electrons. The molecule has 6 nitrogen and oxygen atoms in total. The van der Waals surface area contributed by atoms with Gasteiger partial charge in [-0.1, -0.05) is 6.08 Å². The molecule has 0 saturated carbocycles. The summed E-state index contributed by atoms with van der Waals surface area (Å²) >= 11 is 0. The largest absolute Gasteiger partial charge is 0.359 e. The van der Waals surface area contributed by atoms with E-state index in [0.29, 0.717) is 13.1 Å². The van der Waals surface area contributed by atoms with Crippen molar-refractivity contribution in [2.75, 3.05) is 20.1 Å². The Hall–Kier alpha value is -1.98. The molecule has 0 bridgehead atoms. The molecule has 2 atom stereocenters. The van der Waals surface area contributed by atoms with E-state index in [2.05, 4.69) is 10.3 Å². The molecule has 1 N–H and O–H groups in total. The quantitative estimate of drug-likeness (QED) is 0.698. The van der Waals surface area contributed by atoms with E-state index in [-0.39, 0.29) is 17.7 Å². The maximum Gasteiger partial charge on any atom is 0.262 e. The molecule has 0 aromatic heterocycles. The van der Waals surface area contributed by atoms with Crippen molar-refractivity contribution in [2.45, 2.75) is 12.8 Å². The number of amides is 3. The van der Waals surface area contributed by atoms with Gasteiger partial charge in [0.05, 0.1) is 5.92 Å². The second-order valence-electron chi connectivity index (χ2n) is 4.72. The van der Waals surface area contributed by atoms with Gasteiger partial charge in [-0.15, -0.1) is 0 Å². The van der Waals surface area contributed by atoms with Crippen molar-refractivity contribution >= 4 is 23.9 Å². The van der Waals surface area contributed by atoms with Crippen LogP contribution in [0.15, 0.2) is 17.1 Å². The van der Waals surface area contributed by atoms with Crippen LogP contribution >= 0.6 is 0 Å². The summed E-state index contributed by atoms with van der Waals surface area (Å²) in [6.45, 7) is 0.966. The zero-order chi connectivity index (χ0) is 13.8. The van der Waals surface area contributed by atoms with Crippen LogP contribution in [0.2, 0.25) is 0 Å². The Kier molecular flexibility index (Phi) is 4.09. The van der Waals surface area contributed by atoms with E-state index in [0.717, 1.165) is 12.8 Å². The lowest BCUT2D eigenvalue weighted by atomic mass is 9.95. The highest BCUT2D eigenvalue weighted by Crippen LogP contribution is 2.20. The number of aliphatic imine (C=N–C) groups is 1. The van der Waals surface area contributed by atoms with Crippen molar-refractivity contribution in [3.8, 4) is 0 Å². The highest BCUT2D eigenvalue weighted by molar-refractivity contribution is 6.07. The number of carbonyl (C=O) groups is 3. The molecule has 1 saturated heterocycles. The first kappa shape index (κ1) is 13.5. The molecule has 2 rings (SSSR count). The van der Waals surface area contributed by atoms with Gasteiger partial charge in [-0.3, -0.25) is 14.4 Å². The van der Waals surface area contributed by atoms with Gasteiger partial charge in [0.15, 0.2) is 0 Å². The van der Waals surface area contributed by atoms with Crippen LogP contribution in [0.5, 0.6) is 0 Å². The maximum atomic E-state index is 12.3. The number of dihydropyridines is 1. The lowest BCUT2D eigenvalue weighted by molar-refractivity contribution is -0.141. The fourth-order valence-electron chi connectivity index (χ4n) is 2.42. The van der Waals surface area contributed by atoms with Gasteiger partial charge in [0.1, 0.15) is 5.92 Å². The molecule has 0 aliphatic carbocycles. The standard InChI is InChI=1S/C13H17N3O3/c1-14-11(17)9-4-3-7-16(8-9)13(19)10-5-2-6-15-12(10)18/h2,5-6,9-10H,3-4,7-8H2,1H3,(H,14,17). The highest BCUT2D eigenvalue weighted by atomic mass is 16.2. The van der Waals surface area contributed by atoms with Crippen LogP contribution in [-0.4, -0.2) is 49.0 Å². The first-order valence-electron chi connectivity index (χ1n) is 6.38. The Labute approximate surface area is 111 Å². The number of hydrogen-bond donors (Lipinski definition) is 1. The van der Waals surface area contributed by atoms with Gasteiger partial charge in [0, 0.05) is 26.4 Å². The number of piperidine rings is 1. The predicted octanol–water partition coefficient (Wildman–Crippen LogP) is -0.246. The van der Waals surface area contributed by atoms with Gasteiger partial charge in [0.25, 0.3) is 5.91 Å². The zero-order valence-electron chi connectivity index (χ0n) is 10.8. The summed E-state index contributed by atoms with van der Waals surface area (Å²) < 4.78 is 0. The van der Waals surface area contributed by atoms with Crippen LogP contribution in [0.25, 0.3) is 0 Å². The minimum atomic E-state index is -0.826. The van der Waals surface area contributed by atoms with Crippen molar-refractivity contribution < 1.29 is 14.4 Å². The number of hydrogen-bond acceptors (Lipinski definition) is 3. The van der Waals surface area contributed by atoms with E-state index < -0.39 is 11.8 Å². The van der Waals surface area contributed by atoms with Gasteiger partial charge in [-0.25, -0.2) is 4.99 Å². The minimum Gasteiger partial charge on any atom is -0.359 e. The van der Waals surface area contributed by atoms with Gasteiger partial charge >= 0.3 is 0 Å². The van der Waals surface area contributed by atoms with Crippen LogP contribution in [0, 0.1) is 11.8 Å². The van der Waals surface area contributed by atoms with E-state index in [4.69, 9.17) is 0 Å². The summed E-state index contributed by atoms with van der Waals surface area (Å²) in [4.78, 5) is 40.7. The monoisotopic (exact) mass is 263 g/mol. The second-order valence-corrected chi connectivity index (χ2v) is 4.72. The second kappa shape index (κ2) is 5.77. The van der Waals surface area contributed by atoms with Gasteiger partial charge < -0.3 is 10.2 Å². The molecule has 2 unspecified atom stereocenters. The molecule has 3 amide bonds. The predicted molar refractivity (Wildman–Crippen MR) is 69.5 cm³/mol. The third-order valence-corrected chi connectivity index (χ3v) is 3.47. The third kappa shape index (κ3) is 2.89. The smallest absolute Gasteiger partial charge is 0.262 e. The van der Waals surface area contributed by atoms with Gasteiger partial charge in [-0.05, 0) is 18.9 Å². The molecule has 1 fully saturated rings. The first-order chi connectivity index (χ1) is 9.13. The summed E-state index contributed by atoms with van der Waals surface area (Å²) in [5.74, 6) is -1.76. The molecule has 102 valence electrons. The molecular weight excluding hydrogens is 246 g/mol. The van der Waals surface area contributed by atoms with Crippen LogP contribution in [0.4, 0.5) is 0 Å². The Balaban J connectivity index is 2.03. The summed E-state index contributed by atoms with van der Waals surface area (Å²) in [6, 6.07) is 0. The molecule has 0 spiro atoms. The average Bonchev–Trinajstić information content (AvgIpc) is 2.46. The van der Waals surface area contributed by atoms with E-state index in [1.54, 1.807) is 24.1 Å². The lowest BCUT2D eigenvalue weighted by Crippen LogP contribution is -2.47. The number of rotatable bonds is 2. The normalized spacial score (nSPS) is 26.4. The Morgan fingerprint density at radius 3 is 2.95 bits per heavy atom. The fourth-order valence-corrected chi connectivity index (χ4v) is 2.42. The maximum absolute atomic E-state index is 12.3. The Morgan fingerprint density at radius 1 is 1.47 bits per heavy atom. The molecule has 2 aliphatic rings. The van der Waals surface area contributed by atoms with E-state index in [9.17, 15) is 14.4 Å². The van der Waals surface area contributed by atoms with Crippen molar-refractivity contribution in [2.24, 2.45) is 16.8 Å². The Bertz CT molecular complexity index is 456. The topological polar surface area (TPSA) is 78.8 Å². The van der Waals surface area contributed by atoms with Crippen LogP contribution < -0.4 is 5.32 Å². The van der Waals surface area contributed by atoms with Gasteiger partial charge in [-0.2, -0.15) is 0 Å². The van der Waals surface area contributed by atoms with E-state index in [1.807, 2.05) is 0 Å². The molecular formula is C13H17N3O3. The van der Waals surface area contributed by atoms with Gasteiger partial charge in [0.2, 0.25) is 11.8 Å². The third-order valence-electron chi connectivity index (χ3n) is 3.47. The lowest BCUT2D eigenvalue weighted by Gasteiger charge is -2.33. The minimum absolute atomic E-state index is 0.0546. The van der Waals surface area contributed by atoms with Crippen LogP contribution in [-0.2, 0) is 14.4 Å². The number of nitrogens with one attached hydrogen (secondary N) is 1. The van der Waals surface area contributed by atoms with Crippen molar-refractivity contribution in [1.29, 1.82) is 0 Å². The highest BCUT2D eigenvalue weighted by Gasteiger charge is 2.33. The molecule has 6 heteroatoms. The number of allylic oxidation sites excluding steroid dienone is 1. The van der Waals surface area contributed by atoms with Crippen molar-refractivity contribution in [3.63, 3.8) is 0 Å². The van der Waals surface area contributed by atoms with Crippen molar-refractivity contribution in [3.05, 3.63) is 12.2 Å². The van der Waals surface area contributed by atoms with Crippen LogP contribution in [0.1, 0.15) is 12.8 Å². The zero-order valence-corrected chi connectivity index (χ0v) is 10.8. The summed E-state index contributed by atoms with van der Waals surface area (Å²) in [5.41, 5.74) is 0. The first-order valence-corrected chi connectivity index (χ1v) is 6.38. The summed E-state index contributed by atoms with van der Waals surface area (Å²) in [6.07, 6.45) is 6.09. The molecule has 0 aromatic carbocycles. The Morgan fingerprint density at radius 2 is 2.26 bits per heavy atom. The van der Waals surface area contributed by atoms with Crippen molar-refractivity contribution in [1.82, 2.24) is 10.2 Å². The molecule has 0 aromatic rings. The number of carbonyl (C=O) groups excluding carboxylic acids is 3. The molecule has 19 heavy (non-hydrogen) atoms. The number of likely N-dealkylation sites (tertiary alicyclic amines) is 1. The van der Waals surface area contributed by atoms with Crippen LogP contribution in [0.3, 0.4) is 0 Å². The average molecular weight is 263 g/mol. The number of nitrogens with zero attached hydrogens (tertiary/aromatic N) is 2. The fraction of sp³-hybridized carbons (Fsp3) is 0.538. The SMILES string of the molecule is CNC(=O)C1CCCN(C(=O)C2C=CC=NC2=O)C1. The van der Waals surface area contributed by atoms with E-state index in [1.165, 1.54) is 6.21 Å². The summed E-state index contributed by atoms with van der Waals surface area (Å²) in [5, 5.41) is 2.60.